The first-order valence-electron chi connectivity index (χ1n) is 5.73. The number of benzene rings is 1. The van der Waals surface area contributed by atoms with Crippen LogP contribution in [0.3, 0.4) is 0 Å². The number of esters is 1. The highest BCUT2D eigenvalue weighted by molar-refractivity contribution is 5.75. The van der Waals surface area contributed by atoms with E-state index in [0.717, 1.165) is 5.56 Å². The van der Waals surface area contributed by atoms with Crippen molar-refractivity contribution >= 4 is 5.97 Å². The van der Waals surface area contributed by atoms with Crippen LogP contribution in [0.1, 0.15) is 12.5 Å². The number of hydrogen-bond acceptors (Lipinski definition) is 4. The third-order valence-corrected chi connectivity index (χ3v) is 2.41. The van der Waals surface area contributed by atoms with Gasteiger partial charge >= 0.3 is 5.97 Å². The molecule has 1 N–H and O–H groups in total. The number of hydrogen-bond donors (Lipinski definition) is 1. The van der Waals surface area contributed by atoms with Crippen molar-refractivity contribution in [1.29, 1.82) is 0 Å². The van der Waals surface area contributed by atoms with E-state index in [1.807, 2.05) is 30.3 Å². The Morgan fingerprint density at radius 2 is 2.06 bits per heavy atom. The van der Waals surface area contributed by atoms with Gasteiger partial charge in [0.1, 0.15) is 6.10 Å². The molecule has 0 amide bonds. The van der Waals surface area contributed by atoms with Crippen LogP contribution in [0.15, 0.2) is 42.5 Å². The van der Waals surface area contributed by atoms with E-state index >= 15 is 0 Å². The minimum absolute atomic E-state index is 0.245. The standard InChI is InChI=1S/C14H18O4/c1-3-7-12(15)13(14(16)17-2)18-10-11-8-5-4-6-9-11/h3-9,12-13,15H,10H2,1-2H3/b7-3+. The fourth-order valence-electron chi connectivity index (χ4n) is 1.48. The van der Waals surface area contributed by atoms with Gasteiger partial charge in [0.2, 0.25) is 0 Å². The monoisotopic (exact) mass is 250 g/mol. The average molecular weight is 250 g/mol. The number of allylic oxidation sites excluding steroid dienone is 1. The molecule has 0 spiro atoms. The molecule has 0 fully saturated rings. The molecule has 98 valence electrons. The quantitative estimate of drug-likeness (QED) is 0.616. The first-order chi connectivity index (χ1) is 8.69. The largest absolute Gasteiger partial charge is 0.467 e. The molecule has 4 nitrogen and oxygen atoms in total. The van der Waals surface area contributed by atoms with Gasteiger partial charge in [-0.15, -0.1) is 0 Å². The highest BCUT2D eigenvalue weighted by atomic mass is 16.6. The molecule has 0 aliphatic heterocycles. The van der Waals surface area contributed by atoms with Crippen LogP contribution in [-0.2, 0) is 20.9 Å². The van der Waals surface area contributed by atoms with Gasteiger partial charge in [-0.25, -0.2) is 4.79 Å². The van der Waals surface area contributed by atoms with Crippen LogP contribution in [0.25, 0.3) is 0 Å². The third kappa shape index (κ3) is 4.31. The topological polar surface area (TPSA) is 55.8 Å². The number of aliphatic hydroxyl groups is 1. The number of aliphatic hydroxyl groups excluding tert-OH is 1. The number of ether oxygens (including phenoxy) is 2. The van der Waals surface area contributed by atoms with E-state index in [2.05, 4.69) is 4.74 Å². The first-order valence-corrected chi connectivity index (χ1v) is 5.73. The van der Waals surface area contributed by atoms with Crippen LogP contribution >= 0.6 is 0 Å². The van der Waals surface area contributed by atoms with Crippen molar-refractivity contribution in [2.45, 2.75) is 25.7 Å². The third-order valence-electron chi connectivity index (χ3n) is 2.41. The van der Waals surface area contributed by atoms with Crippen LogP contribution in [0.4, 0.5) is 0 Å². The Balaban J connectivity index is 2.64. The fraction of sp³-hybridized carbons (Fsp3) is 0.357. The lowest BCUT2D eigenvalue weighted by atomic mass is 10.2. The molecule has 0 aliphatic rings. The minimum atomic E-state index is -1.01. The Bertz CT molecular complexity index is 386. The predicted octanol–water partition coefficient (Wildman–Crippen LogP) is 1.68. The zero-order valence-electron chi connectivity index (χ0n) is 10.6. The van der Waals surface area contributed by atoms with Gasteiger partial charge in [-0.2, -0.15) is 0 Å². The Kier molecular flexibility index (Phi) is 6.11. The van der Waals surface area contributed by atoms with Gasteiger partial charge in [-0.3, -0.25) is 0 Å². The molecule has 0 aromatic heterocycles. The van der Waals surface area contributed by atoms with Crippen molar-refractivity contribution in [2.75, 3.05) is 7.11 Å². The van der Waals surface area contributed by atoms with Gasteiger partial charge in [-0.05, 0) is 12.5 Å². The second kappa shape index (κ2) is 7.63. The highest BCUT2D eigenvalue weighted by Gasteiger charge is 2.26. The lowest BCUT2D eigenvalue weighted by Gasteiger charge is -2.18. The molecule has 18 heavy (non-hydrogen) atoms. The van der Waals surface area contributed by atoms with Gasteiger partial charge in [0.25, 0.3) is 0 Å². The fourth-order valence-corrected chi connectivity index (χ4v) is 1.48. The normalized spacial score (nSPS) is 14.4. The number of carbonyl (C=O) groups excluding carboxylic acids is 1. The summed E-state index contributed by atoms with van der Waals surface area (Å²) in [5, 5.41) is 9.78. The van der Waals surface area contributed by atoms with Crippen LogP contribution in [0.5, 0.6) is 0 Å². The second-order valence-electron chi connectivity index (χ2n) is 3.76. The second-order valence-corrected chi connectivity index (χ2v) is 3.76. The summed E-state index contributed by atoms with van der Waals surface area (Å²) in [5.74, 6) is -0.587. The van der Waals surface area contributed by atoms with Crippen molar-refractivity contribution in [3.8, 4) is 0 Å². The first kappa shape index (κ1) is 14.4. The van der Waals surface area contributed by atoms with Crippen LogP contribution in [0, 0.1) is 0 Å². The Labute approximate surface area is 107 Å². The van der Waals surface area contributed by atoms with Gasteiger partial charge < -0.3 is 14.6 Å². The molecule has 0 saturated heterocycles. The van der Waals surface area contributed by atoms with Crippen LogP contribution in [0.2, 0.25) is 0 Å². The Morgan fingerprint density at radius 3 is 2.61 bits per heavy atom. The molecule has 1 rings (SSSR count). The molecule has 0 bridgehead atoms. The molecule has 0 saturated carbocycles. The predicted molar refractivity (Wildman–Crippen MR) is 67.9 cm³/mol. The molecule has 1 aromatic carbocycles. The maximum Gasteiger partial charge on any atom is 0.338 e. The van der Waals surface area contributed by atoms with Crippen molar-refractivity contribution in [3.63, 3.8) is 0 Å². The zero-order valence-corrected chi connectivity index (χ0v) is 10.6. The molecule has 2 unspecified atom stereocenters. The average Bonchev–Trinajstić information content (AvgIpc) is 2.40. The molecule has 1 aromatic rings. The van der Waals surface area contributed by atoms with E-state index < -0.39 is 18.2 Å². The molecular formula is C14H18O4. The Morgan fingerprint density at radius 1 is 1.39 bits per heavy atom. The summed E-state index contributed by atoms with van der Waals surface area (Å²) in [4.78, 5) is 11.5. The highest BCUT2D eigenvalue weighted by Crippen LogP contribution is 2.09. The molecule has 2 atom stereocenters. The molecule has 4 heteroatoms. The number of rotatable bonds is 6. The van der Waals surface area contributed by atoms with Crippen molar-refractivity contribution in [1.82, 2.24) is 0 Å². The van der Waals surface area contributed by atoms with Crippen molar-refractivity contribution in [2.24, 2.45) is 0 Å². The van der Waals surface area contributed by atoms with Gasteiger partial charge in [0.15, 0.2) is 6.10 Å². The SMILES string of the molecule is C/C=C/C(O)C(OCc1ccccc1)C(=O)OC. The van der Waals surface area contributed by atoms with Gasteiger partial charge in [0.05, 0.1) is 13.7 Å². The molecule has 0 radical (unpaired) electrons. The van der Waals surface area contributed by atoms with Crippen molar-refractivity contribution < 1.29 is 19.4 Å². The summed E-state index contributed by atoms with van der Waals surface area (Å²) in [7, 11) is 1.27. The van der Waals surface area contributed by atoms with E-state index in [-0.39, 0.29) is 6.61 Å². The van der Waals surface area contributed by atoms with Crippen LogP contribution in [-0.4, -0.2) is 30.4 Å². The smallest absolute Gasteiger partial charge is 0.338 e. The van der Waals surface area contributed by atoms with Gasteiger partial charge in [0, 0.05) is 0 Å². The molecule has 0 heterocycles. The Hall–Kier alpha value is -1.65. The van der Waals surface area contributed by atoms with Crippen LogP contribution < -0.4 is 0 Å². The number of carbonyl (C=O) groups is 1. The summed E-state index contributed by atoms with van der Waals surface area (Å²) < 4.78 is 10.0. The van der Waals surface area contributed by atoms with Gasteiger partial charge in [-0.1, -0.05) is 42.5 Å². The lowest BCUT2D eigenvalue weighted by Crippen LogP contribution is -2.36. The summed E-state index contributed by atoms with van der Waals surface area (Å²) in [6.45, 7) is 2.00. The summed E-state index contributed by atoms with van der Waals surface area (Å²) >= 11 is 0. The zero-order chi connectivity index (χ0) is 13.4. The van der Waals surface area contributed by atoms with Crippen molar-refractivity contribution in [3.05, 3.63) is 48.0 Å². The van der Waals surface area contributed by atoms with E-state index in [9.17, 15) is 9.90 Å². The minimum Gasteiger partial charge on any atom is -0.467 e. The molecular weight excluding hydrogens is 232 g/mol. The van der Waals surface area contributed by atoms with E-state index in [1.54, 1.807) is 13.0 Å². The molecule has 0 aliphatic carbocycles. The summed E-state index contributed by atoms with van der Waals surface area (Å²) in [6, 6.07) is 9.44. The van der Waals surface area contributed by atoms with E-state index in [0.29, 0.717) is 0 Å². The van der Waals surface area contributed by atoms with E-state index in [4.69, 9.17) is 4.74 Å². The lowest BCUT2D eigenvalue weighted by molar-refractivity contribution is -0.161. The summed E-state index contributed by atoms with van der Waals surface area (Å²) in [6.07, 6.45) is 1.14. The maximum atomic E-state index is 11.5. The van der Waals surface area contributed by atoms with E-state index in [1.165, 1.54) is 13.2 Å². The number of methoxy groups -OCH3 is 1. The maximum absolute atomic E-state index is 11.5. The summed E-state index contributed by atoms with van der Waals surface area (Å²) in [5.41, 5.74) is 0.930.